The molecule has 2 aliphatic rings. The Hall–Kier alpha value is -0.440. The van der Waals surface area contributed by atoms with Gasteiger partial charge in [0.25, 0.3) is 0 Å². The van der Waals surface area contributed by atoms with Gasteiger partial charge in [0.05, 0.1) is 22.5 Å². The van der Waals surface area contributed by atoms with Gasteiger partial charge in [0.1, 0.15) is 0 Å². The molecule has 2 aliphatic heterocycles. The van der Waals surface area contributed by atoms with Gasteiger partial charge in [-0.05, 0) is 28.8 Å². The van der Waals surface area contributed by atoms with E-state index in [1.807, 2.05) is 10.9 Å². The first-order chi connectivity index (χ1) is 9.54. The predicted molar refractivity (Wildman–Crippen MR) is 80.0 cm³/mol. The minimum absolute atomic E-state index is 0.316. The zero-order valence-electron chi connectivity index (χ0n) is 11.3. The molecule has 2 saturated heterocycles. The number of aromatic nitrogens is 2. The molecular formula is C12H19BrN4O2S. The molecule has 0 bridgehead atoms. The Morgan fingerprint density at radius 1 is 1.35 bits per heavy atom. The Bertz CT molecular complexity index is 574. The average molecular weight is 363 g/mol. The second kappa shape index (κ2) is 5.75. The van der Waals surface area contributed by atoms with Crippen LogP contribution in [0.3, 0.4) is 0 Å². The molecule has 8 heteroatoms. The summed E-state index contributed by atoms with van der Waals surface area (Å²) in [6.45, 7) is 4.08. The Morgan fingerprint density at radius 3 is 2.85 bits per heavy atom. The van der Waals surface area contributed by atoms with Crippen molar-refractivity contribution in [3.63, 3.8) is 0 Å². The molecule has 0 aromatic carbocycles. The van der Waals surface area contributed by atoms with Crippen molar-refractivity contribution in [2.75, 3.05) is 38.5 Å². The van der Waals surface area contributed by atoms with Crippen molar-refractivity contribution in [2.24, 2.45) is 0 Å². The predicted octanol–water partition coefficient (Wildman–Crippen LogP) is 0.928. The zero-order valence-corrected chi connectivity index (χ0v) is 13.7. The summed E-state index contributed by atoms with van der Waals surface area (Å²) in [4.78, 5) is 2.33. The molecule has 3 heterocycles. The van der Waals surface area contributed by atoms with E-state index in [9.17, 15) is 8.42 Å². The Kier molecular flexibility index (Phi) is 4.16. The normalized spacial score (nSPS) is 27.4. The van der Waals surface area contributed by atoms with Gasteiger partial charge in [-0.3, -0.25) is 9.58 Å². The molecule has 3 rings (SSSR count). The molecule has 20 heavy (non-hydrogen) atoms. The lowest BCUT2D eigenvalue weighted by molar-refractivity contribution is 0.289. The van der Waals surface area contributed by atoms with Crippen molar-refractivity contribution < 1.29 is 8.42 Å². The second-order valence-electron chi connectivity index (χ2n) is 5.45. The minimum atomic E-state index is -2.96. The summed E-state index contributed by atoms with van der Waals surface area (Å²) in [5.41, 5.74) is 0. The van der Waals surface area contributed by atoms with Crippen LogP contribution in [0.5, 0.6) is 0 Å². The smallest absolute Gasteiger partial charge is 0.214 e. The quantitative estimate of drug-likeness (QED) is 0.799. The minimum Gasteiger partial charge on any atom is -0.300 e. The molecule has 0 N–H and O–H groups in total. The fourth-order valence-corrected chi connectivity index (χ4v) is 4.76. The highest BCUT2D eigenvalue weighted by Gasteiger charge is 2.30. The highest BCUT2D eigenvalue weighted by molar-refractivity contribution is 9.10. The third kappa shape index (κ3) is 3.08. The highest BCUT2D eigenvalue weighted by atomic mass is 79.9. The van der Waals surface area contributed by atoms with Gasteiger partial charge in [0.15, 0.2) is 0 Å². The summed E-state index contributed by atoms with van der Waals surface area (Å²) >= 11 is 3.41. The van der Waals surface area contributed by atoms with E-state index in [1.165, 1.54) is 0 Å². The van der Waals surface area contributed by atoms with Gasteiger partial charge in [0, 0.05) is 38.9 Å². The monoisotopic (exact) mass is 362 g/mol. The average Bonchev–Trinajstić information content (AvgIpc) is 3.07. The van der Waals surface area contributed by atoms with E-state index in [0.717, 1.165) is 36.9 Å². The van der Waals surface area contributed by atoms with Crippen molar-refractivity contribution in [1.82, 2.24) is 19.0 Å². The van der Waals surface area contributed by atoms with E-state index in [2.05, 4.69) is 25.9 Å². The maximum absolute atomic E-state index is 11.7. The van der Waals surface area contributed by atoms with Crippen LogP contribution in [0.4, 0.5) is 0 Å². The third-order valence-electron chi connectivity index (χ3n) is 4.06. The fraction of sp³-hybridized carbons (Fsp3) is 0.750. The van der Waals surface area contributed by atoms with E-state index in [4.69, 9.17) is 0 Å². The number of likely N-dealkylation sites (tertiary alicyclic amines) is 1. The number of rotatable bonds is 4. The van der Waals surface area contributed by atoms with Crippen LogP contribution in [0.15, 0.2) is 16.9 Å². The van der Waals surface area contributed by atoms with Crippen LogP contribution in [0.1, 0.15) is 18.9 Å². The van der Waals surface area contributed by atoms with Gasteiger partial charge in [0.2, 0.25) is 10.0 Å². The molecule has 1 aromatic rings. The fourth-order valence-electron chi connectivity index (χ4n) is 2.94. The van der Waals surface area contributed by atoms with E-state index in [-0.39, 0.29) is 0 Å². The molecule has 0 amide bonds. The van der Waals surface area contributed by atoms with Crippen LogP contribution in [-0.4, -0.2) is 65.9 Å². The van der Waals surface area contributed by atoms with Crippen LogP contribution in [0.25, 0.3) is 0 Å². The SMILES string of the molecule is O=S1(=O)CCCN1CCN1CCC(n2cc(Br)cn2)C1. The largest absolute Gasteiger partial charge is 0.300 e. The molecule has 112 valence electrons. The van der Waals surface area contributed by atoms with Crippen LogP contribution in [-0.2, 0) is 10.0 Å². The zero-order chi connectivity index (χ0) is 14.2. The van der Waals surface area contributed by atoms with E-state index < -0.39 is 10.0 Å². The summed E-state index contributed by atoms with van der Waals surface area (Å²) in [7, 11) is -2.96. The van der Waals surface area contributed by atoms with Gasteiger partial charge < -0.3 is 0 Å². The van der Waals surface area contributed by atoms with Crippen LogP contribution >= 0.6 is 15.9 Å². The molecule has 2 fully saturated rings. The second-order valence-corrected chi connectivity index (χ2v) is 8.45. The number of hydrogen-bond acceptors (Lipinski definition) is 4. The molecule has 0 saturated carbocycles. The van der Waals surface area contributed by atoms with Gasteiger partial charge in [-0.15, -0.1) is 0 Å². The lowest BCUT2D eigenvalue weighted by Gasteiger charge is -2.20. The molecule has 1 unspecified atom stereocenters. The summed E-state index contributed by atoms with van der Waals surface area (Å²) < 4.78 is 28.1. The van der Waals surface area contributed by atoms with E-state index in [0.29, 0.717) is 24.9 Å². The van der Waals surface area contributed by atoms with Gasteiger partial charge in [-0.2, -0.15) is 5.10 Å². The Morgan fingerprint density at radius 2 is 2.20 bits per heavy atom. The molecule has 6 nitrogen and oxygen atoms in total. The molecular weight excluding hydrogens is 344 g/mol. The maximum Gasteiger partial charge on any atom is 0.214 e. The Labute approximate surface area is 127 Å². The van der Waals surface area contributed by atoms with Gasteiger partial charge >= 0.3 is 0 Å². The summed E-state index contributed by atoms with van der Waals surface area (Å²) in [5, 5.41) is 4.33. The number of nitrogens with zero attached hydrogens (tertiary/aromatic N) is 4. The highest BCUT2D eigenvalue weighted by Crippen LogP contribution is 2.22. The summed E-state index contributed by atoms with van der Waals surface area (Å²) in [6.07, 6.45) is 5.64. The lowest BCUT2D eigenvalue weighted by atomic mass is 10.3. The van der Waals surface area contributed by atoms with Crippen molar-refractivity contribution >= 4 is 26.0 Å². The van der Waals surface area contributed by atoms with Crippen LogP contribution in [0.2, 0.25) is 0 Å². The van der Waals surface area contributed by atoms with Gasteiger partial charge in [-0.1, -0.05) is 0 Å². The van der Waals surface area contributed by atoms with Gasteiger partial charge in [-0.25, -0.2) is 12.7 Å². The van der Waals surface area contributed by atoms with E-state index >= 15 is 0 Å². The first-order valence-corrected chi connectivity index (χ1v) is 9.35. The molecule has 0 aliphatic carbocycles. The molecule has 1 atom stereocenters. The van der Waals surface area contributed by atoms with Crippen molar-refractivity contribution in [3.05, 3.63) is 16.9 Å². The van der Waals surface area contributed by atoms with Crippen molar-refractivity contribution in [1.29, 1.82) is 0 Å². The lowest BCUT2D eigenvalue weighted by Crippen LogP contribution is -2.35. The standard InChI is InChI=1S/C12H19BrN4O2S/c13-11-8-14-17(9-11)12-2-4-15(10-12)5-6-16-3-1-7-20(16,18)19/h8-9,12H,1-7,10H2. The number of sulfonamides is 1. The number of halogens is 1. The van der Waals surface area contributed by atoms with Crippen molar-refractivity contribution in [2.45, 2.75) is 18.9 Å². The summed E-state index contributed by atoms with van der Waals surface area (Å²) in [6, 6.07) is 0.400. The Balaban J connectivity index is 1.51. The topological polar surface area (TPSA) is 58.4 Å². The van der Waals surface area contributed by atoms with Crippen molar-refractivity contribution in [3.8, 4) is 0 Å². The first kappa shape index (κ1) is 14.5. The molecule has 1 aromatic heterocycles. The first-order valence-electron chi connectivity index (χ1n) is 6.94. The number of hydrogen-bond donors (Lipinski definition) is 0. The van der Waals surface area contributed by atoms with Crippen LogP contribution in [0, 0.1) is 0 Å². The summed E-state index contributed by atoms with van der Waals surface area (Å²) in [5.74, 6) is 0.316. The maximum atomic E-state index is 11.7. The molecule has 0 spiro atoms. The molecule has 0 radical (unpaired) electrons. The van der Waals surface area contributed by atoms with Crippen LogP contribution < -0.4 is 0 Å². The van der Waals surface area contributed by atoms with E-state index in [1.54, 1.807) is 10.5 Å². The third-order valence-corrected chi connectivity index (χ3v) is 6.43.